The molecular weight excluding hydrogens is 160 g/mol. The van der Waals surface area contributed by atoms with E-state index in [4.69, 9.17) is 0 Å². The molecule has 78 valence electrons. The SMILES string of the molecule is CCCN(CC)CC1CCN(C)C1. The zero-order chi connectivity index (χ0) is 9.68. The molecule has 0 aliphatic carbocycles. The summed E-state index contributed by atoms with van der Waals surface area (Å²) in [6.07, 6.45) is 2.69. The second kappa shape index (κ2) is 5.61. The van der Waals surface area contributed by atoms with E-state index < -0.39 is 0 Å². The maximum atomic E-state index is 2.59. The van der Waals surface area contributed by atoms with Gasteiger partial charge in [0.15, 0.2) is 0 Å². The summed E-state index contributed by atoms with van der Waals surface area (Å²) in [6.45, 7) is 11.0. The van der Waals surface area contributed by atoms with Crippen LogP contribution in [-0.2, 0) is 0 Å². The van der Waals surface area contributed by atoms with Gasteiger partial charge in [-0.1, -0.05) is 13.8 Å². The molecule has 1 fully saturated rings. The van der Waals surface area contributed by atoms with Gasteiger partial charge < -0.3 is 9.80 Å². The standard InChI is InChI=1S/C11H24N2/c1-4-7-13(5-2)10-11-6-8-12(3)9-11/h11H,4-10H2,1-3H3. The van der Waals surface area contributed by atoms with Crippen LogP contribution in [-0.4, -0.2) is 49.6 Å². The average Bonchev–Trinajstić information content (AvgIpc) is 2.50. The zero-order valence-corrected chi connectivity index (χ0v) is 9.42. The molecule has 1 unspecified atom stereocenters. The van der Waals surface area contributed by atoms with Gasteiger partial charge in [-0.15, -0.1) is 0 Å². The third-order valence-electron chi connectivity index (χ3n) is 2.99. The van der Waals surface area contributed by atoms with Crippen LogP contribution in [0.3, 0.4) is 0 Å². The fraction of sp³-hybridized carbons (Fsp3) is 1.00. The Morgan fingerprint density at radius 1 is 1.38 bits per heavy atom. The van der Waals surface area contributed by atoms with Gasteiger partial charge in [-0.05, 0) is 45.4 Å². The molecule has 0 N–H and O–H groups in total. The van der Waals surface area contributed by atoms with E-state index in [9.17, 15) is 0 Å². The van der Waals surface area contributed by atoms with Crippen molar-refractivity contribution in [1.82, 2.24) is 9.80 Å². The molecule has 1 atom stereocenters. The van der Waals surface area contributed by atoms with E-state index in [-0.39, 0.29) is 0 Å². The molecule has 0 bridgehead atoms. The predicted octanol–water partition coefficient (Wildman–Crippen LogP) is 1.67. The van der Waals surface area contributed by atoms with Crippen molar-refractivity contribution in [3.63, 3.8) is 0 Å². The van der Waals surface area contributed by atoms with Gasteiger partial charge in [-0.2, -0.15) is 0 Å². The zero-order valence-electron chi connectivity index (χ0n) is 9.42. The molecule has 1 aliphatic rings. The largest absolute Gasteiger partial charge is 0.306 e. The van der Waals surface area contributed by atoms with Crippen molar-refractivity contribution in [3.05, 3.63) is 0 Å². The van der Waals surface area contributed by atoms with Gasteiger partial charge in [-0.3, -0.25) is 0 Å². The fourth-order valence-corrected chi connectivity index (χ4v) is 2.24. The minimum absolute atomic E-state index is 0.927. The summed E-state index contributed by atoms with van der Waals surface area (Å²) in [4.78, 5) is 5.04. The normalized spacial score (nSPS) is 24.5. The first-order chi connectivity index (χ1) is 6.26. The van der Waals surface area contributed by atoms with Crippen molar-refractivity contribution >= 4 is 0 Å². The van der Waals surface area contributed by atoms with E-state index in [1.165, 1.54) is 45.6 Å². The van der Waals surface area contributed by atoms with Gasteiger partial charge >= 0.3 is 0 Å². The number of hydrogen-bond acceptors (Lipinski definition) is 2. The molecule has 0 aromatic carbocycles. The summed E-state index contributed by atoms with van der Waals surface area (Å²) >= 11 is 0. The summed E-state index contributed by atoms with van der Waals surface area (Å²) in [7, 11) is 2.23. The quantitative estimate of drug-likeness (QED) is 0.641. The van der Waals surface area contributed by atoms with Gasteiger partial charge in [0.05, 0.1) is 0 Å². The Kier molecular flexibility index (Phi) is 4.74. The maximum absolute atomic E-state index is 2.59. The Balaban J connectivity index is 2.21. The number of nitrogens with zero attached hydrogens (tertiary/aromatic N) is 2. The molecule has 1 aliphatic heterocycles. The Hall–Kier alpha value is -0.0800. The third kappa shape index (κ3) is 3.65. The van der Waals surface area contributed by atoms with Crippen LogP contribution in [0, 0.1) is 5.92 Å². The minimum Gasteiger partial charge on any atom is -0.306 e. The Labute approximate surface area is 82.9 Å². The number of likely N-dealkylation sites (tertiary alicyclic amines) is 1. The molecular formula is C11H24N2. The Bertz CT molecular complexity index is 134. The minimum atomic E-state index is 0.927. The average molecular weight is 184 g/mol. The van der Waals surface area contributed by atoms with Gasteiger partial charge in [0, 0.05) is 13.1 Å². The molecule has 1 rings (SSSR count). The lowest BCUT2D eigenvalue weighted by atomic mass is 10.1. The molecule has 0 aromatic heterocycles. The van der Waals surface area contributed by atoms with Crippen LogP contribution in [0.1, 0.15) is 26.7 Å². The van der Waals surface area contributed by atoms with Crippen LogP contribution in [0.2, 0.25) is 0 Å². The maximum Gasteiger partial charge on any atom is 0.00222 e. The highest BCUT2D eigenvalue weighted by Crippen LogP contribution is 2.15. The first kappa shape index (κ1) is 11.0. The van der Waals surface area contributed by atoms with E-state index in [1.54, 1.807) is 0 Å². The fourth-order valence-electron chi connectivity index (χ4n) is 2.24. The van der Waals surface area contributed by atoms with Gasteiger partial charge in [0.25, 0.3) is 0 Å². The van der Waals surface area contributed by atoms with Crippen LogP contribution >= 0.6 is 0 Å². The van der Waals surface area contributed by atoms with Crippen molar-refractivity contribution in [3.8, 4) is 0 Å². The van der Waals surface area contributed by atoms with E-state index in [0.29, 0.717) is 0 Å². The first-order valence-corrected chi connectivity index (χ1v) is 5.67. The first-order valence-electron chi connectivity index (χ1n) is 5.67. The summed E-state index contributed by atoms with van der Waals surface area (Å²) in [5, 5.41) is 0. The summed E-state index contributed by atoms with van der Waals surface area (Å²) in [5.41, 5.74) is 0. The van der Waals surface area contributed by atoms with Crippen LogP contribution in [0.4, 0.5) is 0 Å². The molecule has 0 spiro atoms. The highest BCUT2D eigenvalue weighted by atomic mass is 15.2. The second-order valence-electron chi connectivity index (χ2n) is 4.31. The molecule has 1 heterocycles. The van der Waals surface area contributed by atoms with Gasteiger partial charge in [0.1, 0.15) is 0 Å². The number of hydrogen-bond donors (Lipinski definition) is 0. The van der Waals surface area contributed by atoms with Crippen LogP contribution in [0.15, 0.2) is 0 Å². The highest BCUT2D eigenvalue weighted by molar-refractivity contribution is 4.75. The monoisotopic (exact) mass is 184 g/mol. The molecule has 2 nitrogen and oxygen atoms in total. The molecule has 1 saturated heterocycles. The molecule has 0 amide bonds. The smallest absolute Gasteiger partial charge is 0.00222 e. The lowest BCUT2D eigenvalue weighted by Gasteiger charge is -2.23. The van der Waals surface area contributed by atoms with Crippen molar-refractivity contribution in [2.24, 2.45) is 5.92 Å². The molecule has 2 heteroatoms. The van der Waals surface area contributed by atoms with Crippen LogP contribution in [0.5, 0.6) is 0 Å². The van der Waals surface area contributed by atoms with Crippen molar-refractivity contribution in [2.45, 2.75) is 26.7 Å². The summed E-state index contributed by atoms with van der Waals surface area (Å²) in [5.74, 6) is 0.927. The van der Waals surface area contributed by atoms with Crippen molar-refractivity contribution < 1.29 is 0 Å². The lowest BCUT2D eigenvalue weighted by molar-refractivity contribution is 0.241. The van der Waals surface area contributed by atoms with Crippen molar-refractivity contribution in [2.75, 3.05) is 39.8 Å². The Morgan fingerprint density at radius 2 is 2.15 bits per heavy atom. The lowest BCUT2D eigenvalue weighted by Crippen LogP contribution is -2.31. The van der Waals surface area contributed by atoms with Gasteiger partial charge in [-0.25, -0.2) is 0 Å². The van der Waals surface area contributed by atoms with Crippen LogP contribution < -0.4 is 0 Å². The topological polar surface area (TPSA) is 6.48 Å². The van der Waals surface area contributed by atoms with E-state index in [2.05, 4.69) is 30.7 Å². The van der Waals surface area contributed by atoms with Crippen molar-refractivity contribution in [1.29, 1.82) is 0 Å². The van der Waals surface area contributed by atoms with E-state index in [0.717, 1.165) is 5.92 Å². The third-order valence-corrected chi connectivity index (χ3v) is 2.99. The van der Waals surface area contributed by atoms with E-state index in [1.807, 2.05) is 0 Å². The number of rotatable bonds is 5. The second-order valence-corrected chi connectivity index (χ2v) is 4.31. The summed E-state index contributed by atoms with van der Waals surface area (Å²) < 4.78 is 0. The van der Waals surface area contributed by atoms with Crippen LogP contribution in [0.25, 0.3) is 0 Å². The van der Waals surface area contributed by atoms with Gasteiger partial charge in [0.2, 0.25) is 0 Å². The molecule has 0 aromatic rings. The molecule has 0 saturated carbocycles. The molecule has 13 heavy (non-hydrogen) atoms. The van der Waals surface area contributed by atoms with E-state index >= 15 is 0 Å². The highest BCUT2D eigenvalue weighted by Gasteiger charge is 2.20. The summed E-state index contributed by atoms with van der Waals surface area (Å²) in [6, 6.07) is 0. The molecule has 0 radical (unpaired) electrons. The predicted molar refractivity (Wildman–Crippen MR) is 58.0 cm³/mol. The Morgan fingerprint density at radius 3 is 2.62 bits per heavy atom.